The molecule has 1 aromatic rings. The molecule has 0 spiro atoms. The number of aryl methyl sites for hydroxylation is 1. The topological polar surface area (TPSA) is 225 Å². The van der Waals surface area contributed by atoms with Crippen LogP contribution < -0.4 is 10.6 Å². The molecule has 4 rings (SSSR count). The minimum Gasteiger partial charge on any atom is -0.459 e. The number of hydrogen-bond donors (Lipinski definition) is 6. The van der Waals surface area contributed by atoms with Crippen molar-refractivity contribution in [2.24, 2.45) is 17.8 Å². The van der Waals surface area contributed by atoms with Gasteiger partial charge in [-0.2, -0.15) is 0 Å². The van der Waals surface area contributed by atoms with E-state index < -0.39 is 102 Å². The van der Waals surface area contributed by atoms with E-state index in [0.29, 0.717) is 32.5 Å². The molecule has 18 atom stereocenters. The van der Waals surface area contributed by atoms with Crippen LogP contribution in [-0.4, -0.2) is 172 Å². The number of carbonyl (C=O) groups is 2. The smallest absolute Gasteiger partial charge is 0.407 e. The number of likely N-dealkylation sites (N-methyl/N-ethyl adjacent to an activating group) is 1. The first-order valence-corrected chi connectivity index (χ1v) is 22.4. The molecule has 3 aliphatic rings. The van der Waals surface area contributed by atoms with Crippen LogP contribution in [0.25, 0.3) is 0 Å². The number of hydrogen-bond acceptors (Lipinski definition) is 16. The van der Waals surface area contributed by atoms with Gasteiger partial charge in [0.2, 0.25) is 0 Å². The zero-order valence-corrected chi connectivity index (χ0v) is 39.4. The maximum absolute atomic E-state index is 14.6. The van der Waals surface area contributed by atoms with Crippen LogP contribution in [0.15, 0.2) is 18.7 Å². The number of cyclic esters (lactones) is 1. The van der Waals surface area contributed by atoms with Crippen LogP contribution in [-0.2, 0) is 44.5 Å². The Hall–Kier alpha value is -2.49. The summed E-state index contributed by atoms with van der Waals surface area (Å²) in [5.41, 5.74) is -4.56. The zero-order valence-electron chi connectivity index (χ0n) is 39.4. The van der Waals surface area contributed by atoms with Gasteiger partial charge in [-0.25, -0.2) is 9.78 Å². The number of amides is 1. The third-order valence-corrected chi connectivity index (χ3v) is 13.3. The highest BCUT2D eigenvalue weighted by Gasteiger charge is 2.53. The lowest BCUT2D eigenvalue weighted by atomic mass is 9.77. The minimum absolute atomic E-state index is 0.103. The fraction of sp³-hybridized carbons (Fsp3) is 0.886. The number of aliphatic hydroxyl groups is 4. The van der Waals surface area contributed by atoms with E-state index in [4.69, 9.17) is 33.2 Å². The lowest BCUT2D eigenvalue weighted by molar-refractivity contribution is -0.318. The first-order chi connectivity index (χ1) is 28.9. The van der Waals surface area contributed by atoms with Gasteiger partial charge in [0.25, 0.3) is 0 Å². The number of imidazole rings is 1. The Morgan fingerprint density at radius 1 is 1.05 bits per heavy atom. The van der Waals surface area contributed by atoms with Crippen LogP contribution in [0.5, 0.6) is 0 Å². The Morgan fingerprint density at radius 2 is 1.74 bits per heavy atom. The van der Waals surface area contributed by atoms with Crippen molar-refractivity contribution < 1.29 is 63.2 Å². The number of nitrogens with zero attached hydrogens (tertiary/aromatic N) is 3. The number of methoxy groups -OCH3 is 1. The molecule has 358 valence electrons. The molecule has 3 saturated heterocycles. The first kappa shape index (κ1) is 52.1. The molecule has 3 fully saturated rings. The Balaban J connectivity index is 1.74. The number of aromatic nitrogens is 2. The number of ether oxygens (including phenoxy) is 7. The molecule has 0 unspecified atom stereocenters. The number of alkyl carbamates (subject to hydrolysis) is 1. The standard InChI is InChI=1S/C44H79N5O13/c1-14-32-44(10,55)38(62-41(53)46-16-15-18-49-19-17-45-24-49)29(6)47-23-25(2)21-42(8,54)37(61-40-34(50)31(48(11)12)20-26(3)57-40)27(4)35(28(5)39(52)59-32)60-33-22-43(9,56-13)36(51)30(7)58-33/h17,19,24-38,40,47,50-51,54-55H,14-16,18,20-23H2,1-13H3,(H,46,53)/t25-,26-,27+,28-,29-,30+,31+,32-,33+,34-,35+,36+,37-,38-,40+,42-,43-,44-/m1/s1. The number of rotatable bonds is 12. The summed E-state index contributed by atoms with van der Waals surface area (Å²) in [6.07, 6.45) is -3.61. The summed E-state index contributed by atoms with van der Waals surface area (Å²) >= 11 is 0. The van der Waals surface area contributed by atoms with Gasteiger partial charge >= 0.3 is 12.1 Å². The first-order valence-electron chi connectivity index (χ1n) is 22.4. The summed E-state index contributed by atoms with van der Waals surface area (Å²) in [4.78, 5) is 33.9. The monoisotopic (exact) mass is 886 g/mol. The second kappa shape index (κ2) is 22.1. The average molecular weight is 886 g/mol. The summed E-state index contributed by atoms with van der Waals surface area (Å²) in [5.74, 6) is -2.82. The Kier molecular flexibility index (Phi) is 18.6. The number of nitrogens with one attached hydrogen (secondary N) is 2. The zero-order chi connectivity index (χ0) is 46.3. The van der Waals surface area contributed by atoms with Crippen molar-refractivity contribution in [2.45, 2.75) is 198 Å². The van der Waals surface area contributed by atoms with Gasteiger partial charge in [-0.1, -0.05) is 20.8 Å². The van der Waals surface area contributed by atoms with Crippen LogP contribution >= 0.6 is 0 Å². The van der Waals surface area contributed by atoms with Gasteiger partial charge in [0.15, 0.2) is 18.7 Å². The van der Waals surface area contributed by atoms with Crippen molar-refractivity contribution in [1.82, 2.24) is 25.1 Å². The SMILES string of the molecule is CC[C@H]1OC(=O)[C@H](C)[C@@H](O[C@H]2C[C@@](C)(OC)[C@@H](O)[C@H](C)O2)[C@H](C)[C@@H](O[C@@H]2O[C@H](C)C[C@H](N(C)C)[C@H]2O)[C@](C)(O)C[C@@H](C)CN[C@H](C)[C@@H](OC(=O)NCCCn2ccnc2)[C@]1(C)O. The molecule has 0 bridgehead atoms. The molecule has 18 nitrogen and oxygen atoms in total. The Morgan fingerprint density at radius 3 is 2.35 bits per heavy atom. The van der Waals surface area contributed by atoms with E-state index in [1.807, 2.05) is 43.6 Å². The van der Waals surface area contributed by atoms with Crippen molar-refractivity contribution in [3.8, 4) is 0 Å². The predicted octanol–water partition coefficient (Wildman–Crippen LogP) is 2.58. The second-order valence-corrected chi connectivity index (χ2v) is 19.1. The predicted molar refractivity (Wildman–Crippen MR) is 229 cm³/mol. The van der Waals surface area contributed by atoms with Gasteiger partial charge < -0.3 is 73.7 Å². The molecule has 0 aliphatic carbocycles. The molecular weight excluding hydrogens is 807 g/mol. The summed E-state index contributed by atoms with van der Waals surface area (Å²) in [5, 5.41) is 53.9. The molecule has 0 radical (unpaired) electrons. The van der Waals surface area contributed by atoms with Gasteiger partial charge in [0.1, 0.15) is 23.9 Å². The maximum atomic E-state index is 14.6. The number of aliphatic hydroxyl groups excluding tert-OH is 2. The molecule has 62 heavy (non-hydrogen) atoms. The van der Waals surface area contributed by atoms with E-state index in [1.54, 1.807) is 61.0 Å². The van der Waals surface area contributed by atoms with E-state index in [0.717, 1.165) is 0 Å². The second-order valence-electron chi connectivity index (χ2n) is 19.1. The summed E-state index contributed by atoms with van der Waals surface area (Å²) in [6.45, 7) is 18.7. The highest BCUT2D eigenvalue weighted by Crippen LogP contribution is 2.40. The maximum Gasteiger partial charge on any atom is 0.407 e. The van der Waals surface area contributed by atoms with Crippen molar-refractivity contribution in [3.63, 3.8) is 0 Å². The molecule has 1 aromatic heterocycles. The van der Waals surface area contributed by atoms with Gasteiger partial charge in [-0.3, -0.25) is 4.79 Å². The van der Waals surface area contributed by atoms with E-state index in [2.05, 4.69) is 15.6 Å². The fourth-order valence-electron chi connectivity index (χ4n) is 9.60. The van der Waals surface area contributed by atoms with Crippen molar-refractivity contribution in [2.75, 3.05) is 34.3 Å². The van der Waals surface area contributed by atoms with E-state index in [1.165, 1.54) is 14.0 Å². The van der Waals surface area contributed by atoms with E-state index in [9.17, 15) is 30.0 Å². The molecule has 1 amide bonds. The minimum atomic E-state index is -1.89. The fourth-order valence-corrected chi connectivity index (χ4v) is 9.60. The molecule has 0 saturated carbocycles. The molecule has 6 N–H and O–H groups in total. The Labute approximate surface area is 368 Å². The summed E-state index contributed by atoms with van der Waals surface area (Å²) < 4.78 is 45.8. The van der Waals surface area contributed by atoms with Crippen molar-refractivity contribution in [1.29, 1.82) is 0 Å². The van der Waals surface area contributed by atoms with Gasteiger partial charge in [-0.15, -0.1) is 0 Å². The van der Waals surface area contributed by atoms with Crippen molar-refractivity contribution >= 4 is 12.1 Å². The Bertz CT molecular complexity index is 1540. The molecular formula is C44H79N5O13. The van der Waals surface area contributed by atoms with Gasteiger partial charge in [-0.05, 0) is 101 Å². The van der Waals surface area contributed by atoms with Crippen LogP contribution in [0.3, 0.4) is 0 Å². The van der Waals surface area contributed by atoms with Crippen molar-refractivity contribution in [3.05, 3.63) is 18.7 Å². The molecule has 18 heteroatoms. The highest BCUT2D eigenvalue weighted by atomic mass is 16.7. The summed E-state index contributed by atoms with van der Waals surface area (Å²) in [6, 6.07) is -0.956. The van der Waals surface area contributed by atoms with Crippen LogP contribution in [0.2, 0.25) is 0 Å². The lowest BCUT2D eigenvalue weighted by Gasteiger charge is -2.48. The third kappa shape index (κ3) is 12.9. The average Bonchev–Trinajstić information content (AvgIpc) is 3.73. The summed E-state index contributed by atoms with van der Waals surface area (Å²) in [7, 11) is 5.26. The quantitative estimate of drug-likeness (QED) is 0.131. The molecule has 0 aromatic carbocycles. The van der Waals surface area contributed by atoms with Crippen LogP contribution in [0, 0.1) is 17.8 Å². The van der Waals surface area contributed by atoms with E-state index in [-0.39, 0.29) is 37.3 Å². The third-order valence-electron chi connectivity index (χ3n) is 13.3. The van der Waals surface area contributed by atoms with Crippen LogP contribution in [0.4, 0.5) is 4.79 Å². The van der Waals surface area contributed by atoms with E-state index >= 15 is 0 Å². The lowest BCUT2D eigenvalue weighted by Crippen LogP contribution is -2.61. The molecule has 3 aliphatic heterocycles. The van der Waals surface area contributed by atoms with Gasteiger partial charge in [0.05, 0.1) is 47.9 Å². The number of carbonyl (C=O) groups excluding carboxylic acids is 2. The van der Waals surface area contributed by atoms with Crippen LogP contribution in [0.1, 0.15) is 101 Å². The highest BCUT2D eigenvalue weighted by molar-refractivity contribution is 5.73. The van der Waals surface area contributed by atoms with Gasteiger partial charge in [0, 0.05) is 57.0 Å². The normalized spacial score (nSPS) is 43.0. The molecule has 4 heterocycles. The number of esters is 1. The largest absolute Gasteiger partial charge is 0.459 e.